The summed E-state index contributed by atoms with van der Waals surface area (Å²) < 4.78 is 12.9. The number of likely N-dealkylation sites (N-methyl/N-ethyl adjacent to an activating group) is 1. The Balaban J connectivity index is 1.73. The van der Waals surface area contributed by atoms with Crippen LogP contribution in [0.2, 0.25) is 0 Å². The minimum absolute atomic E-state index is 0.0472. The van der Waals surface area contributed by atoms with Gasteiger partial charge in [-0.25, -0.2) is 4.39 Å². The van der Waals surface area contributed by atoms with Crippen LogP contribution < -0.4 is 5.73 Å². The van der Waals surface area contributed by atoms with Crippen LogP contribution in [0.4, 0.5) is 4.39 Å². The number of hydrogen-bond donors (Lipinski definition) is 1. The van der Waals surface area contributed by atoms with Crippen molar-refractivity contribution in [2.45, 2.75) is 18.9 Å². The molecule has 0 spiro atoms. The molecule has 1 unspecified atom stereocenters. The van der Waals surface area contributed by atoms with Gasteiger partial charge >= 0.3 is 0 Å². The summed E-state index contributed by atoms with van der Waals surface area (Å²) in [6.45, 7) is 1.91. The van der Waals surface area contributed by atoms with Crippen molar-refractivity contribution in [3.8, 4) is 0 Å². The molecule has 112 valence electrons. The normalized spacial score (nSPS) is 12.6. The summed E-state index contributed by atoms with van der Waals surface area (Å²) in [6, 6.07) is 10.5. The van der Waals surface area contributed by atoms with Gasteiger partial charge in [0.2, 0.25) is 0 Å². The van der Waals surface area contributed by atoms with Crippen LogP contribution in [0.15, 0.2) is 48.8 Å². The molecule has 0 fully saturated rings. The quantitative estimate of drug-likeness (QED) is 0.851. The van der Waals surface area contributed by atoms with Crippen LogP contribution in [0.5, 0.6) is 0 Å². The van der Waals surface area contributed by atoms with E-state index in [1.807, 2.05) is 24.5 Å². The summed E-state index contributed by atoms with van der Waals surface area (Å²) in [5.41, 5.74) is 8.42. The van der Waals surface area contributed by atoms with Crippen molar-refractivity contribution in [2.24, 2.45) is 5.73 Å². The molecule has 2 aromatic rings. The molecule has 1 aromatic carbocycles. The maximum Gasteiger partial charge on any atom is 0.123 e. The van der Waals surface area contributed by atoms with Crippen molar-refractivity contribution >= 4 is 0 Å². The first-order valence-corrected chi connectivity index (χ1v) is 7.23. The highest BCUT2D eigenvalue weighted by Crippen LogP contribution is 2.14. The maximum atomic E-state index is 12.9. The van der Waals surface area contributed by atoms with Gasteiger partial charge in [-0.3, -0.25) is 4.98 Å². The van der Waals surface area contributed by atoms with Gasteiger partial charge in [-0.15, -0.1) is 0 Å². The molecule has 1 aromatic heterocycles. The Morgan fingerprint density at radius 2 is 1.76 bits per heavy atom. The fourth-order valence-electron chi connectivity index (χ4n) is 2.22. The smallest absolute Gasteiger partial charge is 0.123 e. The Kier molecular flexibility index (Phi) is 5.84. The van der Waals surface area contributed by atoms with Crippen molar-refractivity contribution in [2.75, 3.05) is 20.1 Å². The summed E-state index contributed by atoms with van der Waals surface area (Å²) in [5, 5.41) is 0. The summed E-state index contributed by atoms with van der Waals surface area (Å²) in [5.74, 6) is -0.222. The van der Waals surface area contributed by atoms with Gasteiger partial charge in [-0.1, -0.05) is 12.1 Å². The Bertz CT molecular complexity index is 527. The van der Waals surface area contributed by atoms with Crippen LogP contribution in [-0.2, 0) is 6.42 Å². The van der Waals surface area contributed by atoms with E-state index in [1.54, 1.807) is 12.1 Å². The van der Waals surface area contributed by atoms with E-state index in [9.17, 15) is 4.39 Å². The van der Waals surface area contributed by atoms with E-state index < -0.39 is 0 Å². The first kappa shape index (κ1) is 15.6. The van der Waals surface area contributed by atoms with E-state index in [4.69, 9.17) is 5.73 Å². The van der Waals surface area contributed by atoms with Gasteiger partial charge in [0.1, 0.15) is 5.82 Å². The molecular formula is C17H22FN3. The lowest BCUT2D eigenvalue weighted by molar-refractivity contribution is 0.322. The Morgan fingerprint density at radius 3 is 2.43 bits per heavy atom. The summed E-state index contributed by atoms with van der Waals surface area (Å²) in [6.07, 6.45) is 5.50. The molecule has 0 aliphatic rings. The molecule has 1 heterocycles. The molecule has 0 saturated heterocycles. The predicted molar refractivity (Wildman–Crippen MR) is 83.4 cm³/mol. The summed E-state index contributed by atoms with van der Waals surface area (Å²) in [7, 11) is 2.10. The highest BCUT2D eigenvalue weighted by molar-refractivity contribution is 5.19. The first-order chi connectivity index (χ1) is 10.1. The topological polar surface area (TPSA) is 42.2 Å². The highest BCUT2D eigenvalue weighted by atomic mass is 19.1. The lowest BCUT2D eigenvalue weighted by atomic mass is 10.0. The average molecular weight is 287 g/mol. The van der Waals surface area contributed by atoms with Crippen LogP contribution >= 0.6 is 0 Å². The largest absolute Gasteiger partial charge is 0.324 e. The Hall–Kier alpha value is -1.78. The monoisotopic (exact) mass is 287 g/mol. The van der Waals surface area contributed by atoms with Crippen molar-refractivity contribution in [1.29, 1.82) is 0 Å². The zero-order valence-electron chi connectivity index (χ0n) is 12.4. The van der Waals surface area contributed by atoms with Gasteiger partial charge in [-0.2, -0.15) is 0 Å². The second-order valence-electron chi connectivity index (χ2n) is 5.36. The van der Waals surface area contributed by atoms with Gasteiger partial charge in [0.25, 0.3) is 0 Å². The van der Waals surface area contributed by atoms with Gasteiger partial charge in [0.15, 0.2) is 0 Å². The lowest BCUT2D eigenvalue weighted by Crippen LogP contribution is -2.25. The number of halogens is 1. The van der Waals surface area contributed by atoms with Crippen molar-refractivity contribution in [3.63, 3.8) is 0 Å². The fourth-order valence-corrected chi connectivity index (χ4v) is 2.22. The van der Waals surface area contributed by atoms with Crippen molar-refractivity contribution in [1.82, 2.24) is 9.88 Å². The van der Waals surface area contributed by atoms with E-state index >= 15 is 0 Å². The third-order valence-electron chi connectivity index (χ3n) is 3.65. The Labute approximate surface area is 125 Å². The van der Waals surface area contributed by atoms with Crippen LogP contribution in [-0.4, -0.2) is 30.0 Å². The molecule has 3 nitrogen and oxygen atoms in total. The van der Waals surface area contributed by atoms with E-state index in [1.165, 1.54) is 17.7 Å². The minimum Gasteiger partial charge on any atom is -0.324 e. The molecule has 2 N–H and O–H groups in total. The van der Waals surface area contributed by atoms with Crippen LogP contribution in [0, 0.1) is 5.82 Å². The van der Waals surface area contributed by atoms with E-state index in [0.29, 0.717) is 0 Å². The SMILES string of the molecule is CN(CCc1ccncc1)CCC(N)c1ccc(F)cc1. The molecule has 0 amide bonds. The van der Waals surface area contributed by atoms with Crippen LogP contribution in [0.25, 0.3) is 0 Å². The molecule has 1 atom stereocenters. The van der Waals surface area contributed by atoms with E-state index in [-0.39, 0.29) is 11.9 Å². The lowest BCUT2D eigenvalue weighted by Gasteiger charge is -2.19. The zero-order chi connectivity index (χ0) is 15.1. The molecule has 4 heteroatoms. The fraction of sp³-hybridized carbons (Fsp3) is 0.353. The first-order valence-electron chi connectivity index (χ1n) is 7.23. The minimum atomic E-state index is -0.222. The molecule has 0 bridgehead atoms. The summed E-state index contributed by atoms with van der Waals surface area (Å²) in [4.78, 5) is 6.28. The van der Waals surface area contributed by atoms with Gasteiger partial charge in [-0.05, 0) is 61.8 Å². The average Bonchev–Trinajstić information content (AvgIpc) is 2.52. The number of hydrogen-bond acceptors (Lipinski definition) is 3. The molecule has 0 saturated carbocycles. The van der Waals surface area contributed by atoms with Gasteiger partial charge in [0.05, 0.1) is 0 Å². The number of benzene rings is 1. The number of nitrogens with two attached hydrogens (primary N) is 1. The Morgan fingerprint density at radius 1 is 1.10 bits per heavy atom. The third-order valence-corrected chi connectivity index (χ3v) is 3.65. The predicted octanol–water partition coefficient (Wildman–Crippen LogP) is 2.79. The second kappa shape index (κ2) is 7.86. The maximum absolute atomic E-state index is 12.9. The van der Waals surface area contributed by atoms with E-state index in [2.05, 4.69) is 16.9 Å². The van der Waals surface area contributed by atoms with E-state index in [0.717, 1.165) is 31.5 Å². The standard InChI is InChI=1S/C17H22FN3/c1-21(12-8-14-6-10-20-11-7-14)13-9-17(19)15-2-4-16(18)5-3-15/h2-7,10-11,17H,8-9,12-13,19H2,1H3. The molecule has 0 aliphatic carbocycles. The number of nitrogens with zero attached hydrogens (tertiary/aromatic N) is 2. The molecule has 21 heavy (non-hydrogen) atoms. The number of pyridine rings is 1. The third kappa shape index (κ3) is 5.25. The number of aromatic nitrogens is 1. The molecule has 0 radical (unpaired) electrons. The van der Waals surface area contributed by atoms with Crippen LogP contribution in [0.1, 0.15) is 23.6 Å². The molecular weight excluding hydrogens is 265 g/mol. The van der Waals surface area contributed by atoms with Gasteiger partial charge < -0.3 is 10.6 Å². The number of rotatable bonds is 7. The van der Waals surface area contributed by atoms with Crippen LogP contribution in [0.3, 0.4) is 0 Å². The van der Waals surface area contributed by atoms with Gasteiger partial charge in [0, 0.05) is 25.0 Å². The second-order valence-corrected chi connectivity index (χ2v) is 5.36. The summed E-state index contributed by atoms with van der Waals surface area (Å²) >= 11 is 0. The van der Waals surface area contributed by atoms with Crippen molar-refractivity contribution in [3.05, 3.63) is 65.7 Å². The molecule has 0 aliphatic heterocycles. The van der Waals surface area contributed by atoms with Crippen molar-refractivity contribution < 1.29 is 4.39 Å². The zero-order valence-corrected chi connectivity index (χ0v) is 12.4. The highest BCUT2D eigenvalue weighted by Gasteiger charge is 2.08. The molecule has 2 rings (SSSR count).